The first-order chi connectivity index (χ1) is 19.1. The van der Waals surface area contributed by atoms with Crippen molar-refractivity contribution in [3.63, 3.8) is 0 Å². The van der Waals surface area contributed by atoms with Gasteiger partial charge in [0.15, 0.2) is 11.2 Å². The first kappa shape index (κ1) is 25.3. The van der Waals surface area contributed by atoms with Crippen molar-refractivity contribution < 1.29 is 20.1 Å². The van der Waals surface area contributed by atoms with Crippen LogP contribution in [0.25, 0.3) is 28.4 Å². The lowest BCUT2D eigenvalue weighted by Gasteiger charge is -2.27. The number of aromatic hydroxyl groups is 1. The Bertz CT molecular complexity index is 2290. The summed E-state index contributed by atoms with van der Waals surface area (Å²) in [5.74, 6) is -1.84. The number of ether oxygens (including phenoxy) is 1. The van der Waals surface area contributed by atoms with E-state index in [0.29, 0.717) is 17.4 Å². The van der Waals surface area contributed by atoms with E-state index in [9.17, 15) is 34.5 Å². The monoisotopic (exact) mass is 536 g/mol. The quantitative estimate of drug-likeness (QED) is 0.337. The molecule has 6 rings (SSSR count). The van der Waals surface area contributed by atoms with Gasteiger partial charge in [-0.2, -0.15) is 0 Å². The van der Waals surface area contributed by atoms with Crippen LogP contribution in [0.3, 0.4) is 0 Å². The SMILES string of the molecule is C/C=C/C=C/c1cc(C)c2c(O)c3c(cc2c1)CCC31C(O)=c2c(=O)c3c(=O)cc(OC)c(=O)c=3c(=O)c2=C1O. The molecule has 0 aliphatic heterocycles. The van der Waals surface area contributed by atoms with Crippen LogP contribution in [0.15, 0.2) is 61.7 Å². The Kier molecular flexibility index (Phi) is 5.38. The van der Waals surface area contributed by atoms with Gasteiger partial charge < -0.3 is 20.1 Å². The highest BCUT2D eigenvalue weighted by Gasteiger charge is 2.53. The number of hydrogen-bond acceptors (Lipinski definition) is 8. The molecule has 0 radical (unpaired) electrons. The van der Waals surface area contributed by atoms with Gasteiger partial charge in [-0.3, -0.25) is 19.2 Å². The predicted molar refractivity (Wildman–Crippen MR) is 151 cm³/mol. The van der Waals surface area contributed by atoms with Gasteiger partial charge in [-0.15, -0.1) is 0 Å². The number of fused-ring (bicyclic) bond motifs is 4. The van der Waals surface area contributed by atoms with Gasteiger partial charge in [-0.1, -0.05) is 36.4 Å². The molecule has 0 heterocycles. The molecule has 8 heteroatoms. The van der Waals surface area contributed by atoms with Crippen LogP contribution >= 0.6 is 0 Å². The van der Waals surface area contributed by atoms with E-state index in [4.69, 9.17) is 4.74 Å². The number of methoxy groups -OCH3 is 1. The fraction of sp³-hybridized carbons (Fsp3) is 0.188. The van der Waals surface area contributed by atoms with E-state index in [1.54, 1.807) is 0 Å². The van der Waals surface area contributed by atoms with Crippen LogP contribution < -0.4 is 36.9 Å². The Morgan fingerprint density at radius 2 is 1.52 bits per heavy atom. The number of allylic oxidation sites excluding steroid dienone is 3. The molecule has 1 spiro atoms. The van der Waals surface area contributed by atoms with Crippen molar-refractivity contribution in [3.8, 4) is 11.5 Å². The van der Waals surface area contributed by atoms with Gasteiger partial charge >= 0.3 is 0 Å². The Balaban J connectivity index is 1.74. The molecule has 0 bridgehead atoms. The topological polar surface area (TPSA) is 138 Å². The molecule has 0 saturated carbocycles. The standard InChI is InChI=1S/C32H24O8/c1-4-5-6-7-15-10-14(2)20-17(11-15)12-16-8-9-32(25(16)29(20)37)30(38)23-24(31(32)39)28(36)22-21(27(23)35)18(33)13-19(40-3)26(22)34/h4-7,10-13,37-39H,8-9H2,1-3H3/b5-4+,7-6+. The number of aliphatic hydroxyl groups is 2. The smallest absolute Gasteiger partial charge is 0.232 e. The third-order valence-electron chi connectivity index (χ3n) is 8.17. The molecule has 8 nitrogen and oxygen atoms in total. The van der Waals surface area contributed by atoms with Crippen LogP contribution in [0.1, 0.15) is 35.6 Å². The van der Waals surface area contributed by atoms with Crippen molar-refractivity contribution in [1.82, 2.24) is 0 Å². The lowest BCUT2D eigenvalue weighted by atomic mass is 9.78. The summed E-state index contributed by atoms with van der Waals surface area (Å²) < 4.78 is 4.92. The van der Waals surface area contributed by atoms with Crippen LogP contribution in [0.5, 0.6) is 11.5 Å². The fourth-order valence-electron chi connectivity index (χ4n) is 6.46. The zero-order valence-corrected chi connectivity index (χ0v) is 21.9. The molecule has 0 aromatic heterocycles. The highest BCUT2D eigenvalue weighted by Crippen LogP contribution is 2.54. The summed E-state index contributed by atoms with van der Waals surface area (Å²) in [6, 6.07) is 6.51. The zero-order chi connectivity index (χ0) is 28.7. The minimum Gasteiger partial charge on any atom is -0.510 e. The van der Waals surface area contributed by atoms with Gasteiger partial charge in [0.2, 0.25) is 16.3 Å². The number of aliphatic hydroxyl groups excluding tert-OH is 2. The van der Waals surface area contributed by atoms with Crippen molar-refractivity contribution in [2.75, 3.05) is 7.11 Å². The highest BCUT2D eigenvalue weighted by molar-refractivity contribution is 5.97. The molecule has 0 amide bonds. The van der Waals surface area contributed by atoms with Crippen molar-refractivity contribution >= 4 is 28.4 Å². The van der Waals surface area contributed by atoms with Gasteiger partial charge in [0.05, 0.1) is 28.0 Å². The van der Waals surface area contributed by atoms with E-state index >= 15 is 0 Å². The molecular formula is C32H24O8. The first-order valence-corrected chi connectivity index (χ1v) is 12.7. The molecule has 200 valence electrons. The molecule has 40 heavy (non-hydrogen) atoms. The lowest BCUT2D eigenvalue weighted by molar-refractivity contribution is 0.362. The van der Waals surface area contributed by atoms with Crippen molar-refractivity contribution in [2.45, 2.75) is 32.1 Å². The summed E-state index contributed by atoms with van der Waals surface area (Å²) in [5, 5.41) is 33.6. The molecule has 0 saturated heterocycles. The second-order valence-electron chi connectivity index (χ2n) is 10.2. The summed E-state index contributed by atoms with van der Waals surface area (Å²) in [7, 11) is 1.15. The minimum atomic E-state index is -1.78. The maximum atomic E-state index is 13.6. The normalized spacial score (nSPS) is 18.2. The maximum absolute atomic E-state index is 13.6. The van der Waals surface area contributed by atoms with E-state index in [2.05, 4.69) is 0 Å². The molecule has 2 aromatic carbocycles. The maximum Gasteiger partial charge on any atom is 0.232 e. The summed E-state index contributed by atoms with van der Waals surface area (Å²) in [6.45, 7) is 3.74. The van der Waals surface area contributed by atoms with Gasteiger partial charge in [-0.25, -0.2) is 0 Å². The summed E-state index contributed by atoms with van der Waals surface area (Å²) in [4.78, 5) is 52.8. The van der Waals surface area contributed by atoms with Gasteiger partial charge in [0.1, 0.15) is 22.7 Å². The lowest BCUT2D eigenvalue weighted by Crippen LogP contribution is -2.51. The zero-order valence-electron chi connectivity index (χ0n) is 21.9. The number of rotatable bonds is 3. The van der Waals surface area contributed by atoms with E-state index in [0.717, 1.165) is 29.7 Å². The van der Waals surface area contributed by atoms with Gasteiger partial charge in [-0.05, 0) is 54.8 Å². The summed E-state index contributed by atoms with van der Waals surface area (Å²) >= 11 is 0. The Hall–Kier alpha value is -4.98. The molecule has 3 N–H and O–H groups in total. The second kappa shape index (κ2) is 8.51. The van der Waals surface area contributed by atoms with Gasteiger partial charge in [0.25, 0.3) is 0 Å². The van der Waals surface area contributed by atoms with Crippen molar-refractivity contribution in [2.24, 2.45) is 0 Å². The van der Waals surface area contributed by atoms with Crippen molar-refractivity contribution in [1.29, 1.82) is 0 Å². The third kappa shape index (κ3) is 3.01. The predicted octanol–water partition coefficient (Wildman–Crippen LogP) is 1.72. The van der Waals surface area contributed by atoms with Crippen LogP contribution in [0.4, 0.5) is 0 Å². The largest absolute Gasteiger partial charge is 0.510 e. The molecule has 1 unspecified atom stereocenters. The molecule has 2 aromatic rings. The third-order valence-corrected chi connectivity index (χ3v) is 8.17. The van der Waals surface area contributed by atoms with Crippen molar-refractivity contribution in [3.05, 3.63) is 127 Å². The molecular weight excluding hydrogens is 512 g/mol. The Morgan fingerprint density at radius 1 is 0.850 bits per heavy atom. The average molecular weight is 537 g/mol. The van der Waals surface area contributed by atoms with Crippen LogP contribution in [-0.2, 0) is 11.8 Å². The Labute approximate surface area is 225 Å². The number of phenols is 1. The fourth-order valence-corrected chi connectivity index (χ4v) is 6.46. The average Bonchev–Trinajstić information content (AvgIpc) is 3.40. The van der Waals surface area contributed by atoms with Gasteiger partial charge in [0, 0.05) is 17.0 Å². The number of phenolic OH excluding ortho intramolecular Hbond substituents is 1. The van der Waals surface area contributed by atoms with E-state index in [1.165, 1.54) is 0 Å². The molecule has 0 fully saturated rings. The molecule has 4 aliphatic carbocycles. The summed E-state index contributed by atoms with van der Waals surface area (Å²) in [5.41, 5.74) is -3.23. The van der Waals surface area contributed by atoms with Crippen LogP contribution in [0, 0.1) is 17.4 Å². The van der Waals surface area contributed by atoms with Crippen LogP contribution in [-0.4, -0.2) is 22.4 Å². The van der Waals surface area contributed by atoms with Crippen LogP contribution in [0.2, 0.25) is 0 Å². The minimum absolute atomic E-state index is 0.0542. The highest BCUT2D eigenvalue weighted by atomic mass is 16.5. The number of aryl methyl sites for hydroxylation is 2. The number of hydrogen-bond donors (Lipinski definition) is 3. The van der Waals surface area contributed by atoms with E-state index in [1.807, 2.05) is 56.4 Å². The van der Waals surface area contributed by atoms with E-state index < -0.39 is 65.3 Å². The molecule has 1 atom stereocenters. The Morgan fingerprint density at radius 3 is 2.17 bits per heavy atom. The number of benzene rings is 2. The first-order valence-electron chi connectivity index (χ1n) is 12.7. The molecule has 4 aliphatic rings. The van der Waals surface area contributed by atoms with E-state index in [-0.39, 0.29) is 17.7 Å². The summed E-state index contributed by atoms with van der Waals surface area (Å²) in [6.07, 6.45) is 8.01. The second-order valence-corrected chi connectivity index (χ2v) is 10.2.